The second-order valence-corrected chi connectivity index (χ2v) is 6.27. The first-order valence-electron chi connectivity index (χ1n) is 6.37. The number of anilines is 1. The first-order valence-corrected chi connectivity index (χ1v) is 7.86. The molecule has 1 aliphatic heterocycles. The molecular weight excluding hydrogens is 369 g/mol. The molecule has 0 aliphatic carbocycles. The van der Waals surface area contributed by atoms with Gasteiger partial charge < -0.3 is 10.3 Å². The van der Waals surface area contributed by atoms with Crippen molar-refractivity contribution in [2.45, 2.75) is 19.3 Å². The van der Waals surface area contributed by atoms with Crippen LogP contribution in [-0.4, -0.2) is 16.5 Å². The smallest absolute Gasteiger partial charge is 0.199 e. The lowest BCUT2D eigenvalue weighted by Crippen LogP contribution is -2.05. The van der Waals surface area contributed by atoms with Crippen LogP contribution >= 0.6 is 34.8 Å². The molecule has 98 valence electrons. The van der Waals surface area contributed by atoms with Gasteiger partial charge in [0.15, 0.2) is 4.77 Å². The third-order valence-corrected chi connectivity index (χ3v) is 4.16. The van der Waals surface area contributed by atoms with E-state index in [-0.39, 0.29) is 0 Å². The zero-order chi connectivity index (χ0) is 13.2. The van der Waals surface area contributed by atoms with E-state index in [9.17, 15) is 0 Å². The Hall–Kier alpha value is -0.950. The fourth-order valence-electron chi connectivity index (χ4n) is 2.41. The molecule has 0 amide bonds. The van der Waals surface area contributed by atoms with Crippen LogP contribution in [0.5, 0.6) is 0 Å². The maximum Gasteiger partial charge on any atom is 0.199 e. The van der Waals surface area contributed by atoms with Crippen LogP contribution in [0.15, 0.2) is 24.3 Å². The van der Waals surface area contributed by atoms with Crippen molar-refractivity contribution >= 4 is 40.6 Å². The lowest BCUT2D eigenvalue weighted by Gasteiger charge is -2.12. The largest absolute Gasteiger partial charge is 0.370 e. The number of halogens is 1. The Kier molecular flexibility index (Phi) is 3.83. The minimum atomic E-state index is 0.544. The maximum atomic E-state index is 5.25. The topological polar surface area (TPSA) is 40.7 Å². The number of rotatable bonds is 1. The molecule has 1 aromatic carbocycles. The molecule has 2 aromatic rings. The summed E-state index contributed by atoms with van der Waals surface area (Å²) >= 11 is 7.59. The Morgan fingerprint density at radius 1 is 1.26 bits per heavy atom. The van der Waals surface area contributed by atoms with E-state index in [1.807, 2.05) is 0 Å². The zero-order valence-corrected chi connectivity index (χ0v) is 13.3. The Morgan fingerprint density at radius 3 is 3.00 bits per heavy atom. The molecule has 0 bridgehead atoms. The van der Waals surface area contributed by atoms with E-state index in [4.69, 9.17) is 12.2 Å². The fraction of sp³-hybridized carbons (Fsp3) is 0.286. The summed E-state index contributed by atoms with van der Waals surface area (Å²) in [6.07, 6.45) is 3.40. The van der Waals surface area contributed by atoms with Crippen molar-refractivity contribution in [1.29, 1.82) is 0 Å². The minimum absolute atomic E-state index is 0.544. The van der Waals surface area contributed by atoms with Crippen molar-refractivity contribution in [2.24, 2.45) is 0 Å². The van der Waals surface area contributed by atoms with E-state index in [1.165, 1.54) is 27.5 Å². The van der Waals surface area contributed by atoms with E-state index in [0.29, 0.717) is 4.77 Å². The van der Waals surface area contributed by atoms with E-state index in [1.54, 1.807) is 0 Å². The molecule has 1 aliphatic rings. The highest BCUT2D eigenvalue weighted by Gasteiger charge is 2.15. The van der Waals surface area contributed by atoms with Gasteiger partial charge in [0.25, 0.3) is 0 Å². The summed E-state index contributed by atoms with van der Waals surface area (Å²) in [6.45, 7) is 0.977. The van der Waals surface area contributed by atoms with Gasteiger partial charge in [-0.1, -0.05) is 12.1 Å². The Morgan fingerprint density at radius 2 is 2.16 bits per heavy atom. The molecule has 0 radical (unpaired) electrons. The first-order chi connectivity index (χ1) is 9.24. The van der Waals surface area contributed by atoms with Gasteiger partial charge in [-0.2, -0.15) is 0 Å². The minimum Gasteiger partial charge on any atom is -0.370 e. The molecule has 0 fully saturated rings. The Labute approximate surface area is 131 Å². The zero-order valence-electron chi connectivity index (χ0n) is 10.4. The van der Waals surface area contributed by atoms with Crippen molar-refractivity contribution in [3.8, 4) is 11.3 Å². The predicted molar refractivity (Wildman–Crippen MR) is 89.0 cm³/mol. The predicted octanol–water partition coefficient (Wildman–Crippen LogP) is 4.16. The van der Waals surface area contributed by atoms with Gasteiger partial charge in [-0.15, -0.1) is 0 Å². The average Bonchev–Trinajstić information content (AvgIpc) is 2.63. The normalized spacial score (nSPS) is 14.4. The molecule has 19 heavy (non-hydrogen) atoms. The Balaban J connectivity index is 2.20. The van der Waals surface area contributed by atoms with Crippen molar-refractivity contribution < 1.29 is 0 Å². The molecule has 0 atom stereocenters. The van der Waals surface area contributed by atoms with Gasteiger partial charge in [0, 0.05) is 15.7 Å². The van der Waals surface area contributed by atoms with Crippen LogP contribution in [0.2, 0.25) is 0 Å². The van der Waals surface area contributed by atoms with Crippen molar-refractivity contribution in [3.05, 3.63) is 38.2 Å². The highest BCUT2D eigenvalue weighted by Crippen LogP contribution is 2.29. The highest BCUT2D eigenvalue weighted by atomic mass is 127. The standard InChI is InChI=1S/C14H14IN3S/c15-10-5-3-4-9(8-10)12-11-6-1-2-7-16-13(11)18-14(19)17-12/h3-5,8H,1-2,6-7H2,(H2,16,17,18,19). The molecule has 3 rings (SSSR count). The van der Waals surface area contributed by atoms with Crippen molar-refractivity contribution in [1.82, 2.24) is 9.97 Å². The van der Waals surface area contributed by atoms with Crippen LogP contribution in [0.1, 0.15) is 18.4 Å². The van der Waals surface area contributed by atoms with Crippen LogP contribution in [0.3, 0.4) is 0 Å². The third kappa shape index (κ3) is 2.81. The molecule has 2 heterocycles. The molecular formula is C14H14IN3S. The summed E-state index contributed by atoms with van der Waals surface area (Å²) in [5, 5.41) is 3.39. The van der Waals surface area contributed by atoms with Gasteiger partial charge in [0.2, 0.25) is 0 Å². The summed E-state index contributed by atoms with van der Waals surface area (Å²) in [5.41, 5.74) is 3.55. The van der Waals surface area contributed by atoms with Gasteiger partial charge in [-0.25, -0.2) is 4.98 Å². The third-order valence-electron chi connectivity index (χ3n) is 3.29. The van der Waals surface area contributed by atoms with Gasteiger partial charge in [0.1, 0.15) is 5.82 Å². The highest BCUT2D eigenvalue weighted by molar-refractivity contribution is 14.1. The molecule has 0 spiro atoms. The number of hydrogen-bond acceptors (Lipinski definition) is 3. The average molecular weight is 383 g/mol. The summed E-state index contributed by atoms with van der Waals surface area (Å²) in [7, 11) is 0. The van der Waals surface area contributed by atoms with E-state index < -0.39 is 0 Å². The molecule has 5 heteroatoms. The van der Waals surface area contributed by atoms with Crippen molar-refractivity contribution in [2.75, 3.05) is 11.9 Å². The van der Waals surface area contributed by atoms with Gasteiger partial charge >= 0.3 is 0 Å². The lowest BCUT2D eigenvalue weighted by molar-refractivity contribution is 0.785. The van der Waals surface area contributed by atoms with Crippen LogP contribution in [0, 0.1) is 8.34 Å². The molecule has 0 saturated carbocycles. The number of nitrogens with zero attached hydrogens (tertiary/aromatic N) is 1. The molecule has 3 nitrogen and oxygen atoms in total. The van der Waals surface area contributed by atoms with E-state index in [2.05, 4.69) is 62.1 Å². The number of benzene rings is 1. The number of fused-ring (bicyclic) bond motifs is 1. The number of aromatic amines is 1. The first kappa shape index (κ1) is 13.1. The second-order valence-electron chi connectivity index (χ2n) is 4.64. The summed E-state index contributed by atoms with van der Waals surface area (Å²) in [6, 6.07) is 8.46. The SMILES string of the molecule is S=c1nc2c(c(-c3cccc(I)c3)[nH]1)CCCCN2. The fourth-order valence-corrected chi connectivity index (χ4v) is 3.15. The molecule has 0 saturated heterocycles. The quantitative estimate of drug-likeness (QED) is 0.574. The number of aromatic nitrogens is 2. The van der Waals surface area contributed by atoms with Crippen LogP contribution < -0.4 is 5.32 Å². The monoisotopic (exact) mass is 383 g/mol. The summed E-state index contributed by atoms with van der Waals surface area (Å²) in [5.74, 6) is 0.954. The van der Waals surface area contributed by atoms with Crippen molar-refractivity contribution in [3.63, 3.8) is 0 Å². The van der Waals surface area contributed by atoms with Crippen LogP contribution in [0.4, 0.5) is 5.82 Å². The maximum absolute atomic E-state index is 5.25. The summed E-state index contributed by atoms with van der Waals surface area (Å²) < 4.78 is 1.77. The number of nitrogens with one attached hydrogen (secondary N) is 2. The van der Waals surface area contributed by atoms with E-state index >= 15 is 0 Å². The summed E-state index contributed by atoms with van der Waals surface area (Å²) in [4.78, 5) is 7.70. The van der Waals surface area contributed by atoms with E-state index in [0.717, 1.165) is 24.5 Å². The Bertz CT molecular complexity index is 666. The molecule has 2 N–H and O–H groups in total. The van der Waals surface area contributed by atoms with Gasteiger partial charge in [-0.05, 0) is 71.8 Å². The second kappa shape index (κ2) is 5.58. The number of H-pyrrole nitrogens is 1. The van der Waals surface area contributed by atoms with Crippen LogP contribution in [0.25, 0.3) is 11.3 Å². The molecule has 0 unspecified atom stereocenters. The van der Waals surface area contributed by atoms with Crippen LogP contribution in [-0.2, 0) is 6.42 Å². The lowest BCUT2D eigenvalue weighted by atomic mass is 10.0. The van der Waals surface area contributed by atoms with Gasteiger partial charge in [-0.3, -0.25) is 0 Å². The molecule has 1 aromatic heterocycles. The number of hydrogen-bond donors (Lipinski definition) is 2. The van der Waals surface area contributed by atoms with Gasteiger partial charge in [0.05, 0.1) is 5.69 Å².